The van der Waals surface area contributed by atoms with Crippen molar-refractivity contribution in [2.75, 3.05) is 11.9 Å². The first kappa shape index (κ1) is 12.0. The summed E-state index contributed by atoms with van der Waals surface area (Å²) in [5, 5.41) is 4.16. The second kappa shape index (κ2) is 5.27. The summed E-state index contributed by atoms with van der Waals surface area (Å²) in [6, 6.07) is 6.64. The van der Waals surface area contributed by atoms with Crippen LogP contribution < -0.4 is 5.32 Å². The Balaban J connectivity index is 2.29. The third-order valence-corrected chi connectivity index (χ3v) is 3.57. The summed E-state index contributed by atoms with van der Waals surface area (Å²) in [5.74, 6) is -0.210. The van der Waals surface area contributed by atoms with E-state index in [9.17, 15) is 4.39 Å². The molecule has 0 aliphatic rings. The highest BCUT2D eigenvalue weighted by molar-refractivity contribution is 7.19. The summed E-state index contributed by atoms with van der Waals surface area (Å²) in [5.41, 5.74) is 1.84. The number of nitrogens with zero attached hydrogens (tertiary/aromatic N) is 1. The summed E-state index contributed by atoms with van der Waals surface area (Å²) >= 11 is 1.57. The summed E-state index contributed by atoms with van der Waals surface area (Å²) in [6.07, 6.45) is 1.06. The number of halogens is 1. The van der Waals surface area contributed by atoms with Crippen molar-refractivity contribution in [2.45, 2.75) is 20.3 Å². The molecule has 0 unspecified atom stereocenters. The number of aromatic nitrogens is 1. The molecular formula is C13H15FN2S. The van der Waals surface area contributed by atoms with E-state index in [1.807, 2.05) is 13.0 Å². The van der Waals surface area contributed by atoms with E-state index < -0.39 is 0 Å². The highest BCUT2D eigenvalue weighted by atomic mass is 32.1. The van der Waals surface area contributed by atoms with Crippen LogP contribution in [0.3, 0.4) is 0 Å². The third kappa shape index (κ3) is 2.82. The van der Waals surface area contributed by atoms with Gasteiger partial charge in [0.2, 0.25) is 0 Å². The molecular weight excluding hydrogens is 235 g/mol. The molecule has 1 aromatic heterocycles. The molecule has 17 heavy (non-hydrogen) atoms. The molecule has 0 radical (unpaired) electrons. The number of rotatable bonds is 4. The maximum atomic E-state index is 13.2. The molecule has 0 spiro atoms. The fourth-order valence-corrected chi connectivity index (χ4v) is 2.59. The average molecular weight is 250 g/mol. The van der Waals surface area contributed by atoms with Gasteiger partial charge in [0.25, 0.3) is 0 Å². The molecule has 90 valence electrons. The maximum Gasteiger partial charge on any atom is 0.183 e. The zero-order valence-electron chi connectivity index (χ0n) is 9.96. The third-order valence-electron chi connectivity index (χ3n) is 2.41. The minimum atomic E-state index is -0.210. The summed E-state index contributed by atoms with van der Waals surface area (Å²) < 4.78 is 13.2. The number of hydrogen-bond acceptors (Lipinski definition) is 3. The minimum absolute atomic E-state index is 0.210. The van der Waals surface area contributed by atoms with Gasteiger partial charge < -0.3 is 5.32 Å². The maximum absolute atomic E-state index is 13.2. The van der Waals surface area contributed by atoms with E-state index in [4.69, 9.17) is 0 Å². The first-order valence-electron chi connectivity index (χ1n) is 5.68. The zero-order chi connectivity index (χ0) is 12.3. The van der Waals surface area contributed by atoms with Crippen molar-refractivity contribution in [3.05, 3.63) is 35.8 Å². The smallest absolute Gasteiger partial charge is 0.183 e. The Bertz CT molecular complexity index is 508. The van der Waals surface area contributed by atoms with Crippen molar-refractivity contribution in [2.24, 2.45) is 0 Å². The molecule has 1 heterocycles. The van der Waals surface area contributed by atoms with Crippen LogP contribution in [0.1, 0.15) is 19.0 Å². The Morgan fingerprint density at radius 1 is 1.41 bits per heavy atom. The van der Waals surface area contributed by atoms with E-state index in [0.29, 0.717) is 0 Å². The van der Waals surface area contributed by atoms with Gasteiger partial charge in [0.05, 0.1) is 10.6 Å². The van der Waals surface area contributed by atoms with Crippen molar-refractivity contribution in [1.29, 1.82) is 0 Å². The Morgan fingerprint density at radius 2 is 2.24 bits per heavy atom. The fraction of sp³-hybridized carbons (Fsp3) is 0.308. The second-order valence-electron chi connectivity index (χ2n) is 3.87. The largest absolute Gasteiger partial charge is 0.362 e. The van der Waals surface area contributed by atoms with Gasteiger partial charge >= 0.3 is 0 Å². The second-order valence-corrected chi connectivity index (χ2v) is 4.87. The molecule has 0 amide bonds. The minimum Gasteiger partial charge on any atom is -0.362 e. The van der Waals surface area contributed by atoms with Crippen LogP contribution in [-0.4, -0.2) is 11.5 Å². The molecule has 0 bridgehead atoms. The molecule has 0 saturated carbocycles. The van der Waals surface area contributed by atoms with Gasteiger partial charge in [-0.05, 0) is 31.0 Å². The lowest BCUT2D eigenvalue weighted by Gasteiger charge is -1.98. The van der Waals surface area contributed by atoms with Gasteiger partial charge in [-0.3, -0.25) is 0 Å². The Hall–Kier alpha value is -1.42. The topological polar surface area (TPSA) is 24.9 Å². The van der Waals surface area contributed by atoms with Gasteiger partial charge in [-0.25, -0.2) is 9.37 Å². The van der Waals surface area contributed by atoms with Gasteiger partial charge in [0.15, 0.2) is 5.13 Å². The molecule has 0 fully saturated rings. The Morgan fingerprint density at radius 3 is 2.94 bits per heavy atom. The lowest BCUT2D eigenvalue weighted by Crippen LogP contribution is -1.98. The van der Waals surface area contributed by atoms with Crippen LogP contribution in [0.15, 0.2) is 24.3 Å². The van der Waals surface area contributed by atoms with Crippen LogP contribution >= 0.6 is 11.3 Å². The predicted octanol–water partition coefficient (Wildman–Crippen LogP) is 4.08. The number of benzene rings is 1. The number of anilines is 1. The first-order valence-corrected chi connectivity index (χ1v) is 6.49. The van der Waals surface area contributed by atoms with E-state index in [1.165, 1.54) is 6.07 Å². The van der Waals surface area contributed by atoms with Crippen LogP contribution in [0.2, 0.25) is 0 Å². The van der Waals surface area contributed by atoms with Crippen LogP contribution in [0.5, 0.6) is 0 Å². The lowest BCUT2D eigenvalue weighted by molar-refractivity contribution is 0.628. The van der Waals surface area contributed by atoms with Gasteiger partial charge in [0.1, 0.15) is 5.82 Å². The summed E-state index contributed by atoms with van der Waals surface area (Å²) in [4.78, 5) is 5.47. The highest BCUT2D eigenvalue weighted by Crippen LogP contribution is 2.32. The van der Waals surface area contributed by atoms with Crippen molar-refractivity contribution < 1.29 is 4.39 Å². The van der Waals surface area contributed by atoms with Gasteiger partial charge in [-0.1, -0.05) is 30.4 Å². The Kier molecular flexibility index (Phi) is 3.74. The number of aryl methyl sites for hydroxylation is 1. The quantitative estimate of drug-likeness (QED) is 0.884. The fourth-order valence-electron chi connectivity index (χ4n) is 1.60. The number of nitrogens with one attached hydrogen (secondary N) is 1. The monoisotopic (exact) mass is 250 g/mol. The summed E-state index contributed by atoms with van der Waals surface area (Å²) in [6.45, 7) is 4.98. The molecule has 0 saturated heterocycles. The molecule has 4 heteroatoms. The van der Waals surface area contributed by atoms with Crippen LogP contribution in [-0.2, 0) is 0 Å². The predicted molar refractivity (Wildman–Crippen MR) is 71.0 cm³/mol. The molecule has 0 atom stereocenters. The molecule has 2 rings (SSSR count). The van der Waals surface area contributed by atoms with Crippen LogP contribution in [0, 0.1) is 12.7 Å². The van der Waals surface area contributed by atoms with E-state index in [2.05, 4.69) is 17.2 Å². The number of hydrogen-bond donors (Lipinski definition) is 1. The van der Waals surface area contributed by atoms with E-state index in [0.717, 1.165) is 34.2 Å². The van der Waals surface area contributed by atoms with E-state index in [-0.39, 0.29) is 5.82 Å². The SMILES string of the molecule is CCCNc1nc(C)c(-c2cccc(F)c2)s1. The van der Waals surface area contributed by atoms with E-state index in [1.54, 1.807) is 23.5 Å². The van der Waals surface area contributed by atoms with Crippen molar-refractivity contribution in [1.82, 2.24) is 4.98 Å². The van der Waals surface area contributed by atoms with Gasteiger partial charge in [0, 0.05) is 6.54 Å². The molecule has 2 nitrogen and oxygen atoms in total. The zero-order valence-corrected chi connectivity index (χ0v) is 10.8. The van der Waals surface area contributed by atoms with Gasteiger partial charge in [-0.2, -0.15) is 0 Å². The number of thiazole rings is 1. The molecule has 1 aromatic carbocycles. The normalized spacial score (nSPS) is 10.5. The molecule has 1 N–H and O–H groups in total. The van der Waals surface area contributed by atoms with Crippen LogP contribution in [0.4, 0.5) is 9.52 Å². The molecule has 0 aliphatic heterocycles. The van der Waals surface area contributed by atoms with Crippen molar-refractivity contribution in [3.8, 4) is 10.4 Å². The van der Waals surface area contributed by atoms with Gasteiger partial charge in [-0.15, -0.1) is 0 Å². The first-order chi connectivity index (χ1) is 8.20. The Labute approximate surface area is 105 Å². The van der Waals surface area contributed by atoms with Crippen molar-refractivity contribution in [3.63, 3.8) is 0 Å². The van der Waals surface area contributed by atoms with E-state index >= 15 is 0 Å². The van der Waals surface area contributed by atoms with Crippen molar-refractivity contribution >= 4 is 16.5 Å². The van der Waals surface area contributed by atoms with Crippen LogP contribution in [0.25, 0.3) is 10.4 Å². The summed E-state index contributed by atoms with van der Waals surface area (Å²) in [7, 11) is 0. The highest BCUT2D eigenvalue weighted by Gasteiger charge is 2.09. The average Bonchev–Trinajstić information content (AvgIpc) is 2.68. The molecule has 0 aliphatic carbocycles. The lowest BCUT2D eigenvalue weighted by atomic mass is 10.1. The standard InChI is InChI=1S/C13H15FN2S/c1-3-7-15-13-16-9(2)12(17-13)10-5-4-6-11(14)8-10/h4-6,8H,3,7H2,1-2H3,(H,15,16). The molecule has 2 aromatic rings.